The second-order valence-corrected chi connectivity index (χ2v) is 12.0. The smallest absolute Gasteiger partial charge is 0.157 e. The molecule has 0 aromatic carbocycles. The van der Waals surface area contributed by atoms with Gasteiger partial charge in [0.2, 0.25) is 0 Å². The van der Waals surface area contributed by atoms with Crippen LogP contribution in [0.3, 0.4) is 0 Å². The van der Waals surface area contributed by atoms with Gasteiger partial charge in [-0.1, -0.05) is 0 Å². The normalized spacial score (nSPS) is 69.4. The molecule has 6 fully saturated rings. The lowest BCUT2D eigenvalue weighted by Gasteiger charge is -2.50. The molecule has 4 saturated carbocycles. The Hall–Kier alpha value is 0.650. The van der Waals surface area contributed by atoms with Crippen LogP contribution in [0.15, 0.2) is 0 Å². The van der Waals surface area contributed by atoms with Crippen LogP contribution in [0.4, 0.5) is 0 Å². The number of fused-ring (bicyclic) bond motifs is 4. The highest BCUT2D eigenvalue weighted by molar-refractivity contribution is 8.21. The molecule has 0 N–H and O–H groups in total. The minimum atomic E-state index is -2.73. The minimum absolute atomic E-state index is 0.0931. The summed E-state index contributed by atoms with van der Waals surface area (Å²) in [6, 6.07) is 0. The van der Waals surface area contributed by atoms with E-state index in [1.54, 1.807) is 0 Å². The van der Waals surface area contributed by atoms with Crippen LogP contribution < -0.4 is 0 Å². The van der Waals surface area contributed by atoms with Crippen molar-refractivity contribution >= 4 is 33.4 Å². The third kappa shape index (κ3) is 0.659. The van der Waals surface area contributed by atoms with Crippen LogP contribution in [-0.4, -0.2) is 34.5 Å². The van der Waals surface area contributed by atoms with Gasteiger partial charge in [0, 0.05) is 23.3 Å². The van der Waals surface area contributed by atoms with Gasteiger partial charge in [-0.3, -0.25) is 0 Å². The van der Waals surface area contributed by atoms with Crippen LogP contribution in [-0.2, 0) is 9.84 Å². The zero-order chi connectivity index (χ0) is 11.2. The number of thioether (sulfide) groups is 2. The van der Waals surface area contributed by atoms with Crippen molar-refractivity contribution in [1.29, 1.82) is 0 Å². The summed E-state index contributed by atoms with van der Waals surface area (Å²) in [7, 11) is -2.73. The Morgan fingerprint density at radius 1 is 0.941 bits per heavy atom. The maximum Gasteiger partial charge on any atom is 0.157 e. The van der Waals surface area contributed by atoms with Gasteiger partial charge in [-0.15, -0.1) is 23.5 Å². The van der Waals surface area contributed by atoms with Crippen molar-refractivity contribution < 1.29 is 8.42 Å². The predicted octanol–water partition coefficient (Wildman–Crippen LogP) is 1.47. The molecule has 2 bridgehead atoms. The highest BCUT2D eigenvalue weighted by atomic mass is 32.2. The minimum Gasteiger partial charge on any atom is -0.228 e. The molecule has 0 amide bonds. The molecular weight excluding hydrogens is 272 g/mol. The first-order chi connectivity index (χ1) is 8.18. The summed E-state index contributed by atoms with van der Waals surface area (Å²) in [4.78, 5) is 0. The van der Waals surface area contributed by atoms with Crippen molar-refractivity contribution in [3.63, 3.8) is 0 Å². The van der Waals surface area contributed by atoms with Crippen LogP contribution in [0.2, 0.25) is 0 Å². The van der Waals surface area contributed by atoms with E-state index in [1.165, 1.54) is 17.9 Å². The molecule has 2 nitrogen and oxygen atoms in total. The fourth-order valence-corrected chi connectivity index (χ4v) is 15.0. The van der Waals surface area contributed by atoms with Crippen molar-refractivity contribution in [3.8, 4) is 0 Å². The van der Waals surface area contributed by atoms with Gasteiger partial charge in [0.1, 0.15) is 0 Å². The Bertz CT molecular complexity index is 550. The predicted molar refractivity (Wildman–Crippen MR) is 69.7 cm³/mol. The molecule has 92 valence electrons. The number of sulfone groups is 1. The first kappa shape index (κ1) is 9.54. The Kier molecular flexibility index (Phi) is 1.32. The van der Waals surface area contributed by atoms with Gasteiger partial charge >= 0.3 is 0 Å². The molecule has 6 rings (SSSR count). The van der Waals surface area contributed by atoms with Crippen molar-refractivity contribution in [1.82, 2.24) is 0 Å². The summed E-state index contributed by atoms with van der Waals surface area (Å²) in [6.45, 7) is 0. The first-order valence-corrected chi connectivity index (χ1v) is 10.3. The molecule has 8 atom stereocenters. The van der Waals surface area contributed by atoms with Crippen LogP contribution >= 0.6 is 23.5 Å². The molecule has 0 radical (unpaired) electrons. The molecular formula is C12H14O2S3. The molecule has 0 aromatic rings. The molecule has 1 spiro atoms. The van der Waals surface area contributed by atoms with E-state index in [1.807, 2.05) is 0 Å². The molecule has 4 aliphatic carbocycles. The molecule has 5 heteroatoms. The fourth-order valence-electron chi connectivity index (χ4n) is 6.86. The monoisotopic (exact) mass is 286 g/mol. The summed E-state index contributed by atoms with van der Waals surface area (Å²) in [5, 5.41) is 0.194. The lowest BCUT2D eigenvalue weighted by Crippen LogP contribution is -2.57. The maximum absolute atomic E-state index is 12.6. The zero-order valence-corrected chi connectivity index (χ0v) is 11.7. The van der Waals surface area contributed by atoms with Crippen LogP contribution in [0.25, 0.3) is 0 Å². The molecule has 2 aliphatic heterocycles. The average Bonchev–Trinajstić information content (AvgIpc) is 2.86. The third-order valence-electron chi connectivity index (χ3n) is 6.79. The van der Waals surface area contributed by atoms with Gasteiger partial charge in [-0.05, 0) is 30.1 Å². The van der Waals surface area contributed by atoms with Gasteiger partial charge in [0.15, 0.2) is 9.84 Å². The first-order valence-electron chi connectivity index (χ1n) is 6.68. The Morgan fingerprint density at radius 3 is 2.47 bits per heavy atom. The third-order valence-corrected chi connectivity index (χ3v) is 13.3. The largest absolute Gasteiger partial charge is 0.228 e. The van der Waals surface area contributed by atoms with Crippen molar-refractivity contribution in [2.24, 2.45) is 35.5 Å². The van der Waals surface area contributed by atoms with E-state index in [9.17, 15) is 8.42 Å². The maximum atomic E-state index is 12.6. The van der Waals surface area contributed by atoms with Crippen LogP contribution in [0, 0.1) is 35.5 Å². The van der Waals surface area contributed by atoms with Gasteiger partial charge < -0.3 is 0 Å². The van der Waals surface area contributed by atoms with Gasteiger partial charge in [0.05, 0.1) is 14.6 Å². The average molecular weight is 286 g/mol. The van der Waals surface area contributed by atoms with E-state index in [0.717, 1.165) is 11.8 Å². The number of hydrogen-bond donors (Lipinski definition) is 0. The SMILES string of the molecule is O=S1(=O)[C@@H]2[C@H]3C[C@H]4[C@@H]5[C@@H]3[C@@H]1[C@@H]5C1(SCCS1)[C@H]42. The molecule has 2 heterocycles. The summed E-state index contributed by atoms with van der Waals surface area (Å²) < 4.78 is 25.6. The van der Waals surface area contributed by atoms with E-state index < -0.39 is 9.84 Å². The molecule has 0 unspecified atom stereocenters. The lowest BCUT2D eigenvalue weighted by atomic mass is 9.64. The fraction of sp³-hybridized carbons (Fsp3) is 1.00. The Morgan fingerprint density at radius 2 is 1.71 bits per heavy atom. The second kappa shape index (κ2) is 2.35. The van der Waals surface area contributed by atoms with Crippen molar-refractivity contribution in [2.45, 2.75) is 21.0 Å². The topological polar surface area (TPSA) is 34.1 Å². The van der Waals surface area contributed by atoms with Crippen molar-refractivity contribution in [2.75, 3.05) is 11.5 Å². The van der Waals surface area contributed by atoms with Crippen molar-refractivity contribution in [3.05, 3.63) is 0 Å². The summed E-state index contributed by atoms with van der Waals surface area (Å²) in [5.74, 6) is 6.42. The Labute approximate surface area is 110 Å². The number of rotatable bonds is 0. The van der Waals surface area contributed by atoms with Gasteiger partial charge in [-0.25, -0.2) is 8.42 Å². The van der Waals surface area contributed by atoms with E-state index in [-0.39, 0.29) is 10.5 Å². The van der Waals surface area contributed by atoms with E-state index in [4.69, 9.17) is 0 Å². The highest BCUT2D eigenvalue weighted by Crippen LogP contribution is 2.87. The Balaban J connectivity index is 1.69. The lowest BCUT2D eigenvalue weighted by molar-refractivity contribution is 0.102. The summed E-state index contributed by atoms with van der Waals surface area (Å²) >= 11 is 4.28. The van der Waals surface area contributed by atoms with Gasteiger partial charge in [0.25, 0.3) is 0 Å². The zero-order valence-electron chi connectivity index (χ0n) is 9.28. The quantitative estimate of drug-likeness (QED) is 0.675. The molecule has 0 aromatic heterocycles. The second-order valence-electron chi connectivity index (χ2n) is 6.71. The van der Waals surface area contributed by atoms with Crippen LogP contribution in [0.5, 0.6) is 0 Å². The molecule has 2 saturated heterocycles. The summed E-state index contributed by atoms with van der Waals surface area (Å²) in [6.07, 6.45) is 1.26. The number of hydrogen-bond acceptors (Lipinski definition) is 4. The van der Waals surface area contributed by atoms with E-state index in [0.29, 0.717) is 27.8 Å². The standard InChI is InChI=1S/C12H14O2S3/c13-17(14)10-5-3-4-6-7(5)11(17)9(6)12(8(4)10)15-1-2-16-12/h4-11H,1-3H2/t4-,5-,6+,7+,8+,9+,10+,11+/m0/s1. The summed E-state index contributed by atoms with van der Waals surface area (Å²) in [5.41, 5.74) is 0. The molecule has 17 heavy (non-hydrogen) atoms. The van der Waals surface area contributed by atoms with E-state index >= 15 is 0 Å². The highest BCUT2D eigenvalue weighted by Gasteiger charge is 2.90. The van der Waals surface area contributed by atoms with Gasteiger partial charge in [-0.2, -0.15) is 0 Å². The van der Waals surface area contributed by atoms with E-state index in [2.05, 4.69) is 23.5 Å². The van der Waals surface area contributed by atoms with Crippen LogP contribution in [0.1, 0.15) is 6.42 Å². The molecule has 6 aliphatic rings.